The summed E-state index contributed by atoms with van der Waals surface area (Å²) in [5.74, 6) is 0.532. The average Bonchev–Trinajstić information content (AvgIpc) is 3.20. The third-order valence-corrected chi connectivity index (χ3v) is 6.55. The molecule has 2 N–H and O–H groups in total. The Morgan fingerprint density at radius 3 is 2.72 bits per heavy atom. The lowest BCUT2D eigenvalue weighted by Gasteiger charge is -2.25. The predicted molar refractivity (Wildman–Crippen MR) is 114 cm³/mol. The number of benzene rings is 1. The second-order valence-electron chi connectivity index (χ2n) is 7.30. The van der Waals surface area contributed by atoms with Crippen LogP contribution < -0.4 is 10.5 Å². The van der Waals surface area contributed by atoms with E-state index in [-0.39, 0.29) is 17.7 Å². The van der Waals surface area contributed by atoms with Gasteiger partial charge in [-0.05, 0) is 62.4 Å². The molecule has 0 saturated carbocycles. The van der Waals surface area contributed by atoms with Crippen molar-refractivity contribution in [2.75, 3.05) is 19.4 Å². The Hall–Kier alpha value is -2.54. The minimum atomic E-state index is -0.511. The lowest BCUT2D eigenvalue weighted by Crippen LogP contribution is -2.32. The summed E-state index contributed by atoms with van der Waals surface area (Å²) in [5, 5.41) is 0.531. The van der Waals surface area contributed by atoms with Crippen LogP contribution in [-0.2, 0) is 4.79 Å². The van der Waals surface area contributed by atoms with Crippen LogP contribution >= 0.6 is 11.8 Å². The lowest BCUT2D eigenvalue weighted by molar-refractivity contribution is -0.129. The van der Waals surface area contributed by atoms with E-state index in [1.54, 1.807) is 7.11 Å². The quantitative estimate of drug-likeness (QED) is 0.732. The normalized spacial score (nSPS) is 16.1. The molecule has 3 rings (SSSR count). The van der Waals surface area contributed by atoms with E-state index in [4.69, 9.17) is 10.5 Å². The first-order chi connectivity index (χ1) is 13.8. The third-order valence-electron chi connectivity index (χ3n) is 5.59. The molecule has 1 aromatic carbocycles. The van der Waals surface area contributed by atoms with Crippen molar-refractivity contribution in [3.05, 3.63) is 52.2 Å². The number of carbonyl (C=O) groups excluding carboxylic acids is 2. The first kappa shape index (κ1) is 21.2. The number of pyridine rings is 1. The van der Waals surface area contributed by atoms with Crippen LogP contribution in [0.5, 0.6) is 5.75 Å². The van der Waals surface area contributed by atoms with Gasteiger partial charge in [-0.1, -0.05) is 23.9 Å². The van der Waals surface area contributed by atoms with Gasteiger partial charge in [0, 0.05) is 12.2 Å². The fourth-order valence-corrected chi connectivity index (χ4v) is 4.81. The number of likely N-dealkylation sites (tertiary alicyclic amines) is 1. The average molecular weight is 414 g/mol. The van der Waals surface area contributed by atoms with Crippen molar-refractivity contribution in [3.8, 4) is 5.75 Å². The molecule has 0 unspecified atom stereocenters. The summed E-state index contributed by atoms with van der Waals surface area (Å²) in [6.45, 7) is 6.42. The first-order valence-corrected chi connectivity index (χ1v) is 10.7. The Balaban J connectivity index is 1.78. The largest absolute Gasteiger partial charge is 0.497 e. The van der Waals surface area contributed by atoms with Gasteiger partial charge in [0.1, 0.15) is 10.8 Å². The fourth-order valence-electron chi connectivity index (χ4n) is 3.78. The van der Waals surface area contributed by atoms with Crippen LogP contribution in [0.15, 0.2) is 29.3 Å². The number of aromatic nitrogens is 1. The van der Waals surface area contributed by atoms with Crippen molar-refractivity contribution in [3.63, 3.8) is 0 Å². The number of aryl methyl sites for hydroxylation is 1. The van der Waals surface area contributed by atoms with Gasteiger partial charge in [0.2, 0.25) is 5.91 Å². The number of amides is 2. The number of ether oxygens (including phenoxy) is 1. The van der Waals surface area contributed by atoms with Crippen molar-refractivity contribution < 1.29 is 14.3 Å². The van der Waals surface area contributed by atoms with E-state index < -0.39 is 5.91 Å². The van der Waals surface area contributed by atoms with Crippen molar-refractivity contribution in [1.29, 1.82) is 0 Å². The smallest absolute Gasteiger partial charge is 0.251 e. The molecule has 0 aliphatic carbocycles. The van der Waals surface area contributed by atoms with E-state index in [9.17, 15) is 9.59 Å². The molecule has 7 heteroatoms. The number of primary amides is 1. The number of nitrogens with two attached hydrogens (primary N) is 1. The molecule has 2 amide bonds. The maximum Gasteiger partial charge on any atom is 0.251 e. The highest BCUT2D eigenvalue weighted by Gasteiger charge is 2.30. The summed E-state index contributed by atoms with van der Waals surface area (Å²) < 4.78 is 5.32. The van der Waals surface area contributed by atoms with Crippen LogP contribution in [0.25, 0.3) is 0 Å². The van der Waals surface area contributed by atoms with E-state index in [1.165, 1.54) is 11.8 Å². The summed E-state index contributed by atoms with van der Waals surface area (Å²) in [4.78, 5) is 31.4. The molecule has 0 radical (unpaired) electrons. The van der Waals surface area contributed by atoms with Crippen molar-refractivity contribution >= 4 is 23.6 Å². The molecule has 1 aliphatic heterocycles. The Morgan fingerprint density at radius 1 is 1.28 bits per heavy atom. The second kappa shape index (κ2) is 8.86. The van der Waals surface area contributed by atoms with E-state index in [0.29, 0.717) is 10.6 Å². The Bertz CT molecular complexity index is 945. The molecule has 1 atom stereocenters. The van der Waals surface area contributed by atoms with Gasteiger partial charge < -0.3 is 15.4 Å². The Morgan fingerprint density at radius 2 is 2.03 bits per heavy atom. The molecule has 29 heavy (non-hydrogen) atoms. The number of thioether (sulfide) groups is 1. The van der Waals surface area contributed by atoms with E-state index in [1.807, 2.05) is 49.9 Å². The van der Waals surface area contributed by atoms with Crippen LogP contribution in [0.4, 0.5) is 0 Å². The molecular formula is C22H27N3O3S. The van der Waals surface area contributed by atoms with Crippen LogP contribution in [0.1, 0.15) is 51.6 Å². The SMILES string of the molecule is COc1cccc([C@@H]2CCCN2C(=O)CSc2nc(C)c(C)c(C)c2C(N)=O)c1. The van der Waals surface area contributed by atoms with Gasteiger partial charge in [-0.2, -0.15) is 0 Å². The molecule has 1 aromatic heterocycles. The minimum Gasteiger partial charge on any atom is -0.497 e. The van der Waals surface area contributed by atoms with Gasteiger partial charge in [0.15, 0.2) is 0 Å². The van der Waals surface area contributed by atoms with Crippen LogP contribution in [-0.4, -0.2) is 41.1 Å². The topological polar surface area (TPSA) is 85.5 Å². The zero-order valence-electron chi connectivity index (χ0n) is 17.3. The Labute approximate surface area is 175 Å². The molecule has 6 nitrogen and oxygen atoms in total. The van der Waals surface area contributed by atoms with Crippen molar-refractivity contribution in [2.45, 2.75) is 44.7 Å². The van der Waals surface area contributed by atoms with Gasteiger partial charge >= 0.3 is 0 Å². The van der Waals surface area contributed by atoms with Gasteiger partial charge in [0.25, 0.3) is 5.91 Å². The molecular weight excluding hydrogens is 386 g/mol. The van der Waals surface area contributed by atoms with Gasteiger partial charge in [-0.15, -0.1) is 0 Å². The zero-order chi connectivity index (χ0) is 21.1. The lowest BCUT2D eigenvalue weighted by atomic mass is 10.0. The first-order valence-electron chi connectivity index (χ1n) is 9.67. The molecule has 154 valence electrons. The molecule has 1 fully saturated rings. The van der Waals surface area contributed by atoms with Crippen LogP contribution in [0.3, 0.4) is 0 Å². The van der Waals surface area contributed by atoms with Crippen molar-refractivity contribution in [2.24, 2.45) is 5.73 Å². The molecule has 2 heterocycles. The second-order valence-corrected chi connectivity index (χ2v) is 8.27. The van der Waals surface area contributed by atoms with Gasteiger partial charge in [0.05, 0.1) is 24.5 Å². The molecule has 2 aromatic rings. The number of rotatable bonds is 6. The van der Waals surface area contributed by atoms with Crippen LogP contribution in [0, 0.1) is 20.8 Å². The fraction of sp³-hybridized carbons (Fsp3) is 0.409. The highest BCUT2D eigenvalue weighted by atomic mass is 32.2. The predicted octanol–water partition coefficient (Wildman–Crippen LogP) is 3.57. The Kier molecular flexibility index (Phi) is 6.47. The third kappa shape index (κ3) is 4.40. The monoisotopic (exact) mass is 413 g/mol. The summed E-state index contributed by atoms with van der Waals surface area (Å²) in [7, 11) is 1.64. The highest BCUT2D eigenvalue weighted by Crippen LogP contribution is 2.35. The number of hydrogen-bond acceptors (Lipinski definition) is 5. The summed E-state index contributed by atoms with van der Waals surface area (Å²) in [6.07, 6.45) is 1.89. The number of nitrogens with zero attached hydrogens (tertiary/aromatic N) is 2. The zero-order valence-corrected chi connectivity index (χ0v) is 18.1. The number of methoxy groups -OCH3 is 1. The van der Waals surface area contributed by atoms with E-state index in [0.717, 1.165) is 47.5 Å². The molecule has 1 saturated heterocycles. The number of carbonyl (C=O) groups is 2. The summed E-state index contributed by atoms with van der Waals surface area (Å²) >= 11 is 1.28. The maximum atomic E-state index is 13.0. The van der Waals surface area contributed by atoms with Crippen LogP contribution in [0.2, 0.25) is 0 Å². The van der Waals surface area contributed by atoms with E-state index in [2.05, 4.69) is 4.98 Å². The van der Waals surface area contributed by atoms with Crippen molar-refractivity contribution in [1.82, 2.24) is 9.88 Å². The molecule has 0 bridgehead atoms. The van der Waals surface area contributed by atoms with E-state index >= 15 is 0 Å². The molecule has 0 spiro atoms. The number of hydrogen-bond donors (Lipinski definition) is 1. The maximum absolute atomic E-state index is 13.0. The summed E-state index contributed by atoms with van der Waals surface area (Å²) in [5.41, 5.74) is 9.71. The van der Waals surface area contributed by atoms with Gasteiger partial charge in [-0.25, -0.2) is 4.98 Å². The highest BCUT2D eigenvalue weighted by molar-refractivity contribution is 8.00. The minimum absolute atomic E-state index is 0.0356. The summed E-state index contributed by atoms with van der Waals surface area (Å²) in [6, 6.07) is 7.92. The van der Waals surface area contributed by atoms with Gasteiger partial charge in [-0.3, -0.25) is 9.59 Å². The standard InChI is InChI=1S/C22H27N3O3S/c1-13-14(2)20(21(23)27)22(24-15(13)3)29-12-19(26)25-10-6-9-18(25)16-7-5-8-17(11-16)28-4/h5,7-8,11,18H,6,9-10,12H2,1-4H3,(H2,23,27)/t18-/m0/s1. The molecule has 1 aliphatic rings.